The molecule has 0 aromatic rings. The van der Waals surface area contributed by atoms with Gasteiger partial charge in [0.1, 0.15) is 0 Å². The summed E-state index contributed by atoms with van der Waals surface area (Å²) < 4.78 is 5.10. The summed E-state index contributed by atoms with van der Waals surface area (Å²) in [4.78, 5) is 2.27. The summed E-state index contributed by atoms with van der Waals surface area (Å²) in [6, 6.07) is 0. The lowest BCUT2D eigenvalue weighted by molar-refractivity contribution is 0.0503. The first-order chi connectivity index (χ1) is 5.13. The molecule has 0 N–H and O–H groups in total. The van der Waals surface area contributed by atoms with Gasteiger partial charge in [-0.15, -0.1) is 0 Å². The minimum absolute atomic E-state index is 0.833. The summed E-state index contributed by atoms with van der Waals surface area (Å²) in [6.45, 7) is 10.5. The maximum atomic E-state index is 5.10. The predicted octanol–water partition coefficient (Wildman–Crippen LogP) is 1.61. The topological polar surface area (TPSA) is 12.5 Å². The molecule has 0 atom stereocenters. The van der Waals surface area contributed by atoms with Gasteiger partial charge in [-0.05, 0) is 13.0 Å². The van der Waals surface area contributed by atoms with E-state index in [0.717, 1.165) is 32.2 Å². The third kappa shape index (κ3) is 9.92. The van der Waals surface area contributed by atoms with Gasteiger partial charge in [-0.25, -0.2) is 0 Å². The number of nitrogens with zero attached hydrogens (tertiary/aromatic N) is 1. The smallest absolute Gasteiger partial charge is 0.0594 e. The Bertz CT molecular complexity index is 74.9. The van der Waals surface area contributed by atoms with E-state index >= 15 is 0 Å². The van der Waals surface area contributed by atoms with Crippen molar-refractivity contribution in [3.8, 4) is 0 Å². The first kappa shape index (κ1) is 10.9. The van der Waals surface area contributed by atoms with Crippen LogP contribution in [0.5, 0.6) is 0 Å². The van der Waals surface area contributed by atoms with Crippen LogP contribution in [0.1, 0.15) is 20.8 Å². The van der Waals surface area contributed by atoms with Crippen LogP contribution in [0.3, 0.4) is 0 Å². The fraction of sp³-hybridized carbons (Fsp3) is 1.00. The molecule has 0 aromatic carbocycles. The van der Waals surface area contributed by atoms with E-state index in [9.17, 15) is 0 Å². The molecule has 0 spiro atoms. The monoisotopic (exact) mass is 159 g/mol. The molecule has 1 fully saturated rings. The van der Waals surface area contributed by atoms with Crippen LogP contribution >= 0.6 is 0 Å². The number of rotatable bonds is 0. The second kappa shape index (κ2) is 6.62. The van der Waals surface area contributed by atoms with Crippen LogP contribution in [0, 0.1) is 5.92 Å². The summed E-state index contributed by atoms with van der Waals surface area (Å²) in [5.41, 5.74) is 0. The molecule has 1 rings (SSSR count). The first-order valence-electron chi connectivity index (χ1n) is 4.39. The van der Waals surface area contributed by atoms with Gasteiger partial charge in [0.2, 0.25) is 0 Å². The summed E-state index contributed by atoms with van der Waals surface area (Å²) in [7, 11) is 2.11. The van der Waals surface area contributed by atoms with E-state index in [-0.39, 0.29) is 0 Å². The van der Waals surface area contributed by atoms with Crippen molar-refractivity contribution >= 4 is 0 Å². The van der Waals surface area contributed by atoms with Crippen molar-refractivity contribution in [3.05, 3.63) is 0 Å². The Kier molecular flexibility index (Phi) is 6.57. The molecule has 1 aliphatic heterocycles. The fourth-order valence-corrected chi connectivity index (χ4v) is 0.655. The second-order valence-corrected chi connectivity index (χ2v) is 3.65. The number of ether oxygens (including phenoxy) is 1. The Morgan fingerprint density at radius 3 is 1.64 bits per heavy atom. The third-order valence-electron chi connectivity index (χ3n) is 1.23. The van der Waals surface area contributed by atoms with E-state index in [1.807, 2.05) is 0 Å². The summed E-state index contributed by atoms with van der Waals surface area (Å²) >= 11 is 0. The lowest BCUT2D eigenvalue weighted by Gasteiger charge is -2.21. The van der Waals surface area contributed by atoms with E-state index < -0.39 is 0 Å². The largest absolute Gasteiger partial charge is 0.379 e. The molecule has 1 heterocycles. The molecule has 68 valence electrons. The Morgan fingerprint density at radius 1 is 1.09 bits per heavy atom. The molecular weight excluding hydrogens is 138 g/mol. The van der Waals surface area contributed by atoms with Gasteiger partial charge in [0.05, 0.1) is 13.2 Å². The first-order valence-corrected chi connectivity index (χ1v) is 4.39. The zero-order valence-electron chi connectivity index (χ0n) is 8.26. The summed E-state index contributed by atoms with van der Waals surface area (Å²) in [5.74, 6) is 0.833. The van der Waals surface area contributed by atoms with Crippen molar-refractivity contribution in [2.75, 3.05) is 33.4 Å². The summed E-state index contributed by atoms with van der Waals surface area (Å²) in [6.07, 6.45) is 0. The quantitative estimate of drug-likeness (QED) is 0.532. The van der Waals surface area contributed by atoms with Crippen molar-refractivity contribution in [2.24, 2.45) is 5.92 Å². The van der Waals surface area contributed by atoms with Gasteiger partial charge in [0.15, 0.2) is 0 Å². The van der Waals surface area contributed by atoms with Crippen molar-refractivity contribution in [1.82, 2.24) is 4.90 Å². The van der Waals surface area contributed by atoms with Crippen molar-refractivity contribution < 1.29 is 4.74 Å². The molecule has 0 saturated carbocycles. The highest BCUT2D eigenvalue weighted by molar-refractivity contribution is 4.53. The van der Waals surface area contributed by atoms with E-state index in [0.29, 0.717) is 0 Å². The van der Waals surface area contributed by atoms with E-state index in [4.69, 9.17) is 4.74 Å². The zero-order valence-corrected chi connectivity index (χ0v) is 8.26. The minimum atomic E-state index is 0.833. The lowest BCUT2D eigenvalue weighted by atomic mass is 10.3. The molecule has 2 heteroatoms. The van der Waals surface area contributed by atoms with Crippen LogP contribution < -0.4 is 0 Å². The highest BCUT2D eigenvalue weighted by atomic mass is 16.5. The van der Waals surface area contributed by atoms with Gasteiger partial charge < -0.3 is 9.64 Å². The van der Waals surface area contributed by atoms with E-state index in [1.54, 1.807) is 0 Å². The molecule has 11 heavy (non-hydrogen) atoms. The van der Waals surface area contributed by atoms with Crippen LogP contribution in [0.4, 0.5) is 0 Å². The highest BCUT2D eigenvalue weighted by Gasteiger charge is 2.02. The average molecular weight is 159 g/mol. The second-order valence-electron chi connectivity index (χ2n) is 3.65. The van der Waals surface area contributed by atoms with Crippen LogP contribution in [0.15, 0.2) is 0 Å². The van der Waals surface area contributed by atoms with Crippen LogP contribution in [-0.4, -0.2) is 38.3 Å². The van der Waals surface area contributed by atoms with Gasteiger partial charge in [0.25, 0.3) is 0 Å². The SMILES string of the molecule is CC(C)C.CN1CCOCC1. The number of likely N-dealkylation sites (N-methyl/N-ethyl adjacent to an activating group) is 1. The Labute approximate surface area is 70.5 Å². The standard InChI is InChI=1S/C5H11NO.C4H10/c1-6-2-4-7-5-3-6;1-4(2)3/h2-5H2,1H3;4H,1-3H3. The molecule has 0 aromatic heterocycles. The van der Waals surface area contributed by atoms with Gasteiger partial charge in [-0.1, -0.05) is 20.8 Å². The van der Waals surface area contributed by atoms with Crippen molar-refractivity contribution in [3.63, 3.8) is 0 Å². The zero-order chi connectivity index (χ0) is 8.69. The van der Waals surface area contributed by atoms with Gasteiger partial charge in [-0.3, -0.25) is 0 Å². The van der Waals surface area contributed by atoms with Crippen LogP contribution in [0.2, 0.25) is 0 Å². The molecule has 0 radical (unpaired) electrons. The van der Waals surface area contributed by atoms with Gasteiger partial charge in [-0.2, -0.15) is 0 Å². The van der Waals surface area contributed by atoms with E-state index in [2.05, 4.69) is 32.7 Å². The molecule has 0 bridgehead atoms. The molecule has 1 aliphatic rings. The Morgan fingerprint density at radius 2 is 1.45 bits per heavy atom. The third-order valence-corrected chi connectivity index (χ3v) is 1.23. The van der Waals surface area contributed by atoms with E-state index in [1.165, 1.54) is 0 Å². The normalized spacial score (nSPS) is 19.4. The molecule has 0 amide bonds. The predicted molar refractivity (Wildman–Crippen MR) is 48.8 cm³/mol. The molecule has 1 saturated heterocycles. The van der Waals surface area contributed by atoms with Crippen LogP contribution in [-0.2, 0) is 4.74 Å². The van der Waals surface area contributed by atoms with Crippen LogP contribution in [0.25, 0.3) is 0 Å². The highest BCUT2D eigenvalue weighted by Crippen LogP contribution is 1.89. The van der Waals surface area contributed by atoms with Gasteiger partial charge >= 0.3 is 0 Å². The Hall–Kier alpha value is -0.0800. The molecule has 0 aliphatic carbocycles. The average Bonchev–Trinajstić information content (AvgIpc) is 1.87. The minimum Gasteiger partial charge on any atom is -0.379 e. The fourth-order valence-electron chi connectivity index (χ4n) is 0.655. The molecular formula is C9H21NO. The van der Waals surface area contributed by atoms with Crippen molar-refractivity contribution in [2.45, 2.75) is 20.8 Å². The molecule has 2 nitrogen and oxygen atoms in total. The number of hydrogen-bond acceptors (Lipinski definition) is 2. The number of morpholine rings is 1. The maximum Gasteiger partial charge on any atom is 0.0594 e. The summed E-state index contributed by atoms with van der Waals surface area (Å²) in [5, 5.41) is 0. The number of hydrogen-bond donors (Lipinski definition) is 0. The van der Waals surface area contributed by atoms with Crippen molar-refractivity contribution in [1.29, 1.82) is 0 Å². The maximum absolute atomic E-state index is 5.10. The molecule has 0 unspecified atom stereocenters. The van der Waals surface area contributed by atoms with Gasteiger partial charge in [0, 0.05) is 13.1 Å². The Balaban J connectivity index is 0.000000218. The lowest BCUT2D eigenvalue weighted by Crippen LogP contribution is -2.32.